The highest BCUT2D eigenvalue weighted by atomic mass is 15.2. The molecule has 0 aromatic heterocycles. The number of unbranched alkanes of at least 4 members (excludes halogenated alkanes) is 37. The summed E-state index contributed by atoms with van der Waals surface area (Å²) in [6.45, 7) is 14.8. The Morgan fingerprint density at radius 3 is 0.640 bits per heavy atom. The first kappa shape index (κ1) is 50.0. The zero-order valence-electron chi connectivity index (χ0n) is 36.4. The minimum absolute atomic E-state index is 0.367. The summed E-state index contributed by atoms with van der Waals surface area (Å²) in [5.41, 5.74) is 0.367. The molecule has 1 heteroatoms. The van der Waals surface area contributed by atoms with Gasteiger partial charge in [0.15, 0.2) is 0 Å². The SMILES string of the molecule is CCCCCCCCCCCCCCCCN(CCCCCCCCCCCCCCCC)C(C)(C)CCCCCCCCCCCCCC. The van der Waals surface area contributed by atoms with Crippen LogP contribution < -0.4 is 0 Å². The Balaban J connectivity index is 4.20. The molecule has 0 aromatic rings. The average molecular weight is 704 g/mol. The van der Waals surface area contributed by atoms with Crippen LogP contribution in [0, 0.1) is 0 Å². The Morgan fingerprint density at radius 2 is 0.420 bits per heavy atom. The van der Waals surface area contributed by atoms with Gasteiger partial charge in [-0.05, 0) is 46.2 Å². The first-order chi connectivity index (χ1) is 24.6. The van der Waals surface area contributed by atoms with Crippen molar-refractivity contribution in [2.45, 2.75) is 303 Å². The normalized spacial score (nSPS) is 12.1. The van der Waals surface area contributed by atoms with Gasteiger partial charge in [0, 0.05) is 5.54 Å². The van der Waals surface area contributed by atoms with Gasteiger partial charge in [-0.25, -0.2) is 0 Å². The van der Waals surface area contributed by atoms with E-state index in [-0.39, 0.29) is 0 Å². The van der Waals surface area contributed by atoms with E-state index in [9.17, 15) is 0 Å². The smallest absolute Gasteiger partial charge is 0.0153 e. The average Bonchev–Trinajstić information content (AvgIpc) is 3.11. The van der Waals surface area contributed by atoms with Crippen molar-refractivity contribution in [1.29, 1.82) is 0 Å². The third-order valence-corrected chi connectivity index (χ3v) is 12.1. The molecule has 0 radical (unpaired) electrons. The van der Waals surface area contributed by atoms with E-state index in [0.717, 1.165) is 0 Å². The van der Waals surface area contributed by atoms with Crippen molar-refractivity contribution in [2.75, 3.05) is 13.1 Å². The second-order valence-electron chi connectivity index (χ2n) is 17.6. The quantitative estimate of drug-likeness (QED) is 0.0571. The van der Waals surface area contributed by atoms with Crippen LogP contribution in [-0.4, -0.2) is 23.5 Å². The number of hydrogen-bond donors (Lipinski definition) is 0. The Bertz CT molecular complexity index is 564. The van der Waals surface area contributed by atoms with Gasteiger partial charge in [-0.15, -0.1) is 0 Å². The molecule has 0 N–H and O–H groups in total. The Kier molecular flexibility index (Phi) is 41.7. The molecule has 0 aliphatic rings. The van der Waals surface area contributed by atoms with Crippen molar-refractivity contribution in [3.8, 4) is 0 Å². The van der Waals surface area contributed by atoms with Crippen LogP contribution in [0.25, 0.3) is 0 Å². The van der Waals surface area contributed by atoms with Crippen LogP contribution in [0.3, 0.4) is 0 Å². The number of nitrogens with zero attached hydrogens (tertiary/aromatic N) is 1. The summed E-state index contributed by atoms with van der Waals surface area (Å²) < 4.78 is 0. The topological polar surface area (TPSA) is 3.24 Å². The molecular weight excluding hydrogens is 603 g/mol. The predicted octanol–water partition coefficient (Wildman–Crippen LogP) is 18.1. The summed E-state index contributed by atoms with van der Waals surface area (Å²) in [6, 6.07) is 0. The summed E-state index contributed by atoms with van der Waals surface area (Å²) in [6.07, 6.45) is 59.7. The largest absolute Gasteiger partial charge is 0.298 e. The van der Waals surface area contributed by atoms with E-state index in [4.69, 9.17) is 0 Å². The van der Waals surface area contributed by atoms with Gasteiger partial charge in [0.05, 0.1) is 0 Å². The fraction of sp³-hybridized carbons (Fsp3) is 1.00. The van der Waals surface area contributed by atoms with Crippen molar-refractivity contribution in [2.24, 2.45) is 0 Å². The van der Waals surface area contributed by atoms with Crippen LogP contribution in [0.5, 0.6) is 0 Å². The molecule has 0 amide bonds. The second-order valence-corrected chi connectivity index (χ2v) is 17.6. The molecular formula is C49H101N. The van der Waals surface area contributed by atoms with Gasteiger partial charge >= 0.3 is 0 Å². The zero-order valence-corrected chi connectivity index (χ0v) is 36.4. The van der Waals surface area contributed by atoms with E-state index in [1.54, 1.807) is 0 Å². The summed E-state index contributed by atoms with van der Waals surface area (Å²) in [5.74, 6) is 0. The molecule has 1 nitrogen and oxygen atoms in total. The number of rotatable bonds is 44. The van der Waals surface area contributed by atoms with Crippen LogP contribution in [0.2, 0.25) is 0 Å². The van der Waals surface area contributed by atoms with Crippen molar-refractivity contribution in [1.82, 2.24) is 4.90 Å². The van der Waals surface area contributed by atoms with Gasteiger partial charge in [-0.1, -0.05) is 265 Å². The molecule has 0 atom stereocenters. The molecule has 0 fully saturated rings. The molecule has 0 aliphatic heterocycles. The van der Waals surface area contributed by atoms with E-state index in [1.807, 2.05) is 0 Å². The monoisotopic (exact) mass is 704 g/mol. The maximum absolute atomic E-state index is 2.94. The third kappa shape index (κ3) is 37.7. The van der Waals surface area contributed by atoms with Crippen LogP contribution in [0.1, 0.15) is 298 Å². The highest BCUT2D eigenvalue weighted by Gasteiger charge is 2.25. The van der Waals surface area contributed by atoms with Gasteiger partial charge in [-0.2, -0.15) is 0 Å². The van der Waals surface area contributed by atoms with Crippen LogP contribution in [0.15, 0.2) is 0 Å². The maximum Gasteiger partial charge on any atom is 0.0153 e. The minimum atomic E-state index is 0.367. The number of hydrogen-bond acceptors (Lipinski definition) is 1. The van der Waals surface area contributed by atoms with Crippen molar-refractivity contribution < 1.29 is 0 Å². The van der Waals surface area contributed by atoms with Crippen LogP contribution in [-0.2, 0) is 0 Å². The molecule has 0 saturated heterocycles. The van der Waals surface area contributed by atoms with Crippen molar-refractivity contribution in [3.63, 3.8) is 0 Å². The van der Waals surface area contributed by atoms with Gasteiger partial charge in [0.1, 0.15) is 0 Å². The lowest BCUT2D eigenvalue weighted by Crippen LogP contribution is -2.45. The third-order valence-electron chi connectivity index (χ3n) is 12.1. The summed E-state index contributed by atoms with van der Waals surface area (Å²) in [4.78, 5) is 2.94. The van der Waals surface area contributed by atoms with Gasteiger partial charge in [0.2, 0.25) is 0 Å². The van der Waals surface area contributed by atoms with E-state index in [1.165, 1.54) is 276 Å². The lowest BCUT2D eigenvalue weighted by molar-refractivity contribution is 0.102. The van der Waals surface area contributed by atoms with Gasteiger partial charge < -0.3 is 0 Å². The standard InChI is InChI=1S/C49H101N/c1-6-9-12-15-18-21-24-27-29-32-35-38-41-44-47-50(48-45-42-39-36-33-30-28-25-22-19-16-13-10-7-2)49(4,5)46-43-40-37-34-31-26-23-20-17-14-11-8-3/h6-48H2,1-5H3. The van der Waals surface area contributed by atoms with Crippen molar-refractivity contribution in [3.05, 3.63) is 0 Å². The molecule has 0 bridgehead atoms. The fourth-order valence-corrected chi connectivity index (χ4v) is 8.27. The Morgan fingerprint density at radius 1 is 0.240 bits per heavy atom. The molecule has 0 unspecified atom stereocenters. The summed E-state index contributed by atoms with van der Waals surface area (Å²) in [7, 11) is 0. The first-order valence-electron chi connectivity index (χ1n) is 24.3. The summed E-state index contributed by atoms with van der Waals surface area (Å²) in [5, 5.41) is 0. The molecule has 0 rings (SSSR count). The molecule has 302 valence electrons. The fourth-order valence-electron chi connectivity index (χ4n) is 8.27. The molecule has 50 heavy (non-hydrogen) atoms. The minimum Gasteiger partial charge on any atom is -0.298 e. The van der Waals surface area contributed by atoms with E-state index >= 15 is 0 Å². The van der Waals surface area contributed by atoms with E-state index in [0.29, 0.717) is 5.54 Å². The molecule has 0 spiro atoms. The Labute approximate surface area is 320 Å². The second kappa shape index (κ2) is 41.7. The maximum atomic E-state index is 2.94. The van der Waals surface area contributed by atoms with Crippen molar-refractivity contribution >= 4 is 0 Å². The highest BCUT2D eigenvalue weighted by Crippen LogP contribution is 2.25. The lowest BCUT2D eigenvalue weighted by Gasteiger charge is -2.39. The van der Waals surface area contributed by atoms with E-state index in [2.05, 4.69) is 39.5 Å². The molecule has 0 saturated carbocycles. The first-order valence-corrected chi connectivity index (χ1v) is 24.3. The van der Waals surface area contributed by atoms with E-state index < -0.39 is 0 Å². The van der Waals surface area contributed by atoms with Crippen LogP contribution >= 0.6 is 0 Å². The predicted molar refractivity (Wildman–Crippen MR) is 232 cm³/mol. The van der Waals surface area contributed by atoms with Gasteiger partial charge in [-0.3, -0.25) is 4.90 Å². The van der Waals surface area contributed by atoms with Crippen LogP contribution in [0.4, 0.5) is 0 Å². The molecule has 0 aliphatic carbocycles. The summed E-state index contributed by atoms with van der Waals surface area (Å²) >= 11 is 0. The zero-order chi connectivity index (χ0) is 36.5. The lowest BCUT2D eigenvalue weighted by atomic mass is 9.92. The molecule has 0 heterocycles. The Hall–Kier alpha value is -0.0400. The molecule has 0 aromatic carbocycles. The highest BCUT2D eigenvalue weighted by molar-refractivity contribution is 4.81. The van der Waals surface area contributed by atoms with Gasteiger partial charge in [0.25, 0.3) is 0 Å².